The van der Waals surface area contributed by atoms with Crippen LogP contribution in [-0.4, -0.2) is 30.5 Å². The molecule has 0 aromatic rings. The van der Waals surface area contributed by atoms with Gasteiger partial charge in [0.25, 0.3) is 5.91 Å². The molecule has 0 fully saturated rings. The average molecular weight is 117 g/mol. The van der Waals surface area contributed by atoms with Gasteiger partial charge in [0.05, 0.1) is 6.61 Å². The Morgan fingerprint density at radius 3 is 2.75 bits per heavy atom. The van der Waals surface area contributed by atoms with E-state index in [2.05, 4.69) is 5.32 Å². The molecule has 0 radical (unpaired) electrons. The van der Waals surface area contributed by atoms with Crippen LogP contribution in [0, 0.1) is 0 Å². The molecule has 8 heavy (non-hydrogen) atoms. The second-order valence-corrected chi connectivity index (χ2v) is 1.13. The largest absolute Gasteiger partial charge is 0.395 e. The lowest BCUT2D eigenvalue weighted by Gasteiger charge is -1.92. The van der Waals surface area contributed by atoms with E-state index >= 15 is 0 Å². The standard InChI is InChI=1S/C4H7NO3/c6-2-1-5-4(8)3-7/h3,6H,1-2H2,(H,5,8). The SMILES string of the molecule is O=CC(=O)NCCO. The normalized spacial score (nSPS) is 8.12. The minimum absolute atomic E-state index is 0.136. The van der Waals surface area contributed by atoms with Crippen LogP contribution in [-0.2, 0) is 9.59 Å². The molecule has 0 aromatic carbocycles. The first-order valence-electron chi connectivity index (χ1n) is 2.15. The molecule has 2 N–H and O–H groups in total. The molecule has 0 aliphatic heterocycles. The summed E-state index contributed by atoms with van der Waals surface area (Å²) in [6.07, 6.45) is 0.162. The predicted molar refractivity (Wildman–Crippen MR) is 26.2 cm³/mol. The van der Waals surface area contributed by atoms with E-state index in [4.69, 9.17) is 5.11 Å². The first-order chi connectivity index (χ1) is 3.81. The second kappa shape index (κ2) is 4.26. The summed E-state index contributed by atoms with van der Waals surface area (Å²) in [5.74, 6) is -0.695. The highest BCUT2D eigenvalue weighted by molar-refractivity contribution is 6.23. The van der Waals surface area contributed by atoms with Crippen LogP contribution < -0.4 is 5.32 Å². The smallest absolute Gasteiger partial charge is 0.284 e. The number of aliphatic hydroxyl groups is 1. The molecule has 0 aromatic heterocycles. The maximum Gasteiger partial charge on any atom is 0.284 e. The summed E-state index contributed by atoms with van der Waals surface area (Å²) >= 11 is 0. The van der Waals surface area contributed by atoms with Gasteiger partial charge in [-0.1, -0.05) is 0 Å². The minimum atomic E-state index is -0.695. The summed E-state index contributed by atoms with van der Waals surface area (Å²) in [4.78, 5) is 19.5. The van der Waals surface area contributed by atoms with Gasteiger partial charge in [0, 0.05) is 6.54 Å². The summed E-state index contributed by atoms with van der Waals surface area (Å²) in [6.45, 7) is -0.00282. The lowest BCUT2D eigenvalue weighted by molar-refractivity contribution is -0.131. The first kappa shape index (κ1) is 7.10. The van der Waals surface area contributed by atoms with Gasteiger partial charge < -0.3 is 10.4 Å². The fourth-order valence-corrected chi connectivity index (χ4v) is 0.221. The van der Waals surface area contributed by atoms with Crippen molar-refractivity contribution in [3.05, 3.63) is 0 Å². The Hall–Kier alpha value is -0.900. The number of aliphatic hydroxyl groups excluding tert-OH is 1. The van der Waals surface area contributed by atoms with Gasteiger partial charge in [-0.25, -0.2) is 0 Å². The van der Waals surface area contributed by atoms with Crippen molar-refractivity contribution in [2.45, 2.75) is 0 Å². The monoisotopic (exact) mass is 117 g/mol. The molecular weight excluding hydrogens is 110 g/mol. The van der Waals surface area contributed by atoms with Crippen LogP contribution in [0.5, 0.6) is 0 Å². The zero-order valence-corrected chi connectivity index (χ0v) is 4.26. The molecule has 0 rings (SSSR count). The number of hydrogen-bond donors (Lipinski definition) is 2. The van der Waals surface area contributed by atoms with Crippen LogP contribution in [0.3, 0.4) is 0 Å². The zero-order valence-electron chi connectivity index (χ0n) is 4.26. The van der Waals surface area contributed by atoms with Gasteiger partial charge in [0.2, 0.25) is 6.29 Å². The Balaban J connectivity index is 3.11. The Labute approximate surface area is 46.5 Å². The average Bonchev–Trinajstić information content (AvgIpc) is 1.83. The molecule has 0 atom stereocenters. The van der Waals surface area contributed by atoms with Gasteiger partial charge in [-0.15, -0.1) is 0 Å². The fourth-order valence-electron chi connectivity index (χ4n) is 0.221. The lowest BCUT2D eigenvalue weighted by atomic mass is 10.6. The van der Waals surface area contributed by atoms with Crippen molar-refractivity contribution < 1.29 is 14.7 Å². The van der Waals surface area contributed by atoms with Gasteiger partial charge in [-0.05, 0) is 0 Å². The highest BCUT2D eigenvalue weighted by atomic mass is 16.3. The van der Waals surface area contributed by atoms with E-state index in [1.54, 1.807) is 0 Å². The molecule has 0 aliphatic rings. The lowest BCUT2D eigenvalue weighted by Crippen LogP contribution is -2.26. The zero-order chi connectivity index (χ0) is 6.41. The summed E-state index contributed by atoms with van der Waals surface area (Å²) in [6, 6.07) is 0. The van der Waals surface area contributed by atoms with Crippen molar-refractivity contribution >= 4 is 12.2 Å². The number of carbonyl (C=O) groups is 2. The Morgan fingerprint density at radius 2 is 2.38 bits per heavy atom. The number of aldehydes is 1. The van der Waals surface area contributed by atoms with E-state index in [0.29, 0.717) is 0 Å². The number of amides is 1. The molecular formula is C4H7NO3. The molecule has 4 nitrogen and oxygen atoms in total. The van der Waals surface area contributed by atoms with E-state index in [-0.39, 0.29) is 19.4 Å². The summed E-state index contributed by atoms with van der Waals surface area (Å²) in [5, 5.41) is 10.2. The molecule has 0 heterocycles. The Kier molecular flexibility index (Phi) is 3.78. The molecule has 0 unspecified atom stereocenters. The first-order valence-corrected chi connectivity index (χ1v) is 2.15. The summed E-state index contributed by atoms with van der Waals surface area (Å²) in [5.41, 5.74) is 0. The quantitative estimate of drug-likeness (QED) is 0.342. The highest BCUT2D eigenvalue weighted by Gasteiger charge is 1.91. The molecule has 0 bridgehead atoms. The third-order valence-corrected chi connectivity index (χ3v) is 0.518. The summed E-state index contributed by atoms with van der Waals surface area (Å²) in [7, 11) is 0. The Bertz CT molecular complexity index is 91.3. The molecule has 4 heteroatoms. The van der Waals surface area contributed by atoms with Gasteiger partial charge in [-0.2, -0.15) is 0 Å². The van der Waals surface area contributed by atoms with Crippen LogP contribution >= 0.6 is 0 Å². The van der Waals surface area contributed by atoms with Crippen LogP contribution in [0.4, 0.5) is 0 Å². The number of hydrogen-bond acceptors (Lipinski definition) is 3. The van der Waals surface area contributed by atoms with E-state index in [1.165, 1.54) is 0 Å². The van der Waals surface area contributed by atoms with Crippen LogP contribution in [0.15, 0.2) is 0 Å². The summed E-state index contributed by atoms with van der Waals surface area (Å²) < 4.78 is 0. The molecule has 0 saturated heterocycles. The highest BCUT2D eigenvalue weighted by Crippen LogP contribution is 1.55. The maximum atomic E-state index is 9.98. The van der Waals surface area contributed by atoms with Crippen molar-refractivity contribution in [2.24, 2.45) is 0 Å². The second-order valence-electron chi connectivity index (χ2n) is 1.13. The molecule has 0 aliphatic carbocycles. The van der Waals surface area contributed by atoms with Crippen molar-refractivity contribution in [2.75, 3.05) is 13.2 Å². The van der Waals surface area contributed by atoms with Gasteiger partial charge in [-0.3, -0.25) is 9.59 Å². The van der Waals surface area contributed by atoms with E-state index in [1.807, 2.05) is 0 Å². The van der Waals surface area contributed by atoms with Crippen molar-refractivity contribution in [1.29, 1.82) is 0 Å². The van der Waals surface area contributed by atoms with Crippen molar-refractivity contribution in [1.82, 2.24) is 5.32 Å². The van der Waals surface area contributed by atoms with Gasteiger partial charge in [0.15, 0.2) is 0 Å². The van der Waals surface area contributed by atoms with E-state index < -0.39 is 5.91 Å². The molecule has 0 saturated carbocycles. The van der Waals surface area contributed by atoms with Crippen LogP contribution in [0.1, 0.15) is 0 Å². The molecule has 1 amide bonds. The molecule has 46 valence electrons. The maximum absolute atomic E-state index is 9.98. The van der Waals surface area contributed by atoms with Crippen LogP contribution in [0.25, 0.3) is 0 Å². The van der Waals surface area contributed by atoms with Crippen molar-refractivity contribution in [3.8, 4) is 0 Å². The topological polar surface area (TPSA) is 66.4 Å². The number of rotatable bonds is 3. The number of carbonyl (C=O) groups excluding carboxylic acids is 2. The van der Waals surface area contributed by atoms with Gasteiger partial charge >= 0.3 is 0 Å². The van der Waals surface area contributed by atoms with E-state index in [9.17, 15) is 9.59 Å². The van der Waals surface area contributed by atoms with Gasteiger partial charge in [0.1, 0.15) is 0 Å². The number of nitrogens with one attached hydrogen (secondary N) is 1. The predicted octanol–water partition coefficient (Wildman–Crippen LogP) is -1.71. The van der Waals surface area contributed by atoms with Crippen molar-refractivity contribution in [3.63, 3.8) is 0 Å². The minimum Gasteiger partial charge on any atom is -0.395 e. The van der Waals surface area contributed by atoms with Crippen LogP contribution in [0.2, 0.25) is 0 Å². The third kappa shape index (κ3) is 3.30. The Morgan fingerprint density at radius 1 is 1.75 bits per heavy atom. The van der Waals surface area contributed by atoms with E-state index in [0.717, 1.165) is 0 Å². The molecule has 0 spiro atoms. The fraction of sp³-hybridized carbons (Fsp3) is 0.500. The third-order valence-electron chi connectivity index (χ3n) is 0.518.